The van der Waals surface area contributed by atoms with Crippen LogP contribution in [0.25, 0.3) is 0 Å². The molecule has 0 N–H and O–H groups in total. The van der Waals surface area contributed by atoms with Crippen LogP contribution in [-0.2, 0) is 18.8 Å². The molecule has 27 heavy (non-hydrogen) atoms. The van der Waals surface area contributed by atoms with E-state index in [1.54, 1.807) is 7.11 Å². The van der Waals surface area contributed by atoms with Gasteiger partial charge in [-0.15, -0.1) is 4.33 Å². The van der Waals surface area contributed by atoms with E-state index in [0.717, 1.165) is 50.2 Å². The van der Waals surface area contributed by atoms with Gasteiger partial charge in [0, 0.05) is 24.9 Å². The van der Waals surface area contributed by atoms with Crippen LogP contribution < -0.4 is 4.18 Å². The molecule has 0 aliphatic heterocycles. The summed E-state index contributed by atoms with van der Waals surface area (Å²) in [5.74, 6) is 3.19. The summed E-state index contributed by atoms with van der Waals surface area (Å²) in [6, 6.07) is 6.33. The standard InChI is InChI=1S/C21H28O5S/c1-21-9-8-16-15-5-4-14(25-27-26-24-3)11-17(15)13(12-23-2)10-18(16)19(21)6-7-20(21)22/h4-5,11,13,16,18-19H,6-10,12H2,1-3H3. The van der Waals surface area contributed by atoms with E-state index in [0.29, 0.717) is 36.1 Å². The third-order valence-corrected chi connectivity index (χ3v) is 7.65. The van der Waals surface area contributed by atoms with Crippen LogP contribution in [0.5, 0.6) is 5.75 Å². The van der Waals surface area contributed by atoms with Crippen LogP contribution in [0.3, 0.4) is 0 Å². The number of Topliss-reactive ketones (excluding diaryl/α,β-unsaturated/α-hetero) is 1. The normalized spacial score (nSPS) is 34.7. The van der Waals surface area contributed by atoms with Crippen LogP contribution in [0.1, 0.15) is 62.0 Å². The predicted molar refractivity (Wildman–Crippen MR) is 103 cm³/mol. The maximum Gasteiger partial charge on any atom is 0.258 e. The van der Waals surface area contributed by atoms with Gasteiger partial charge in [0.15, 0.2) is 0 Å². The zero-order valence-corrected chi connectivity index (χ0v) is 17.1. The van der Waals surface area contributed by atoms with Gasteiger partial charge >= 0.3 is 0 Å². The molecule has 0 aromatic heterocycles. The van der Waals surface area contributed by atoms with Gasteiger partial charge in [-0.2, -0.15) is 0 Å². The maximum absolute atomic E-state index is 12.6. The van der Waals surface area contributed by atoms with Crippen molar-refractivity contribution in [3.63, 3.8) is 0 Å². The fourth-order valence-electron chi connectivity index (χ4n) is 5.96. The molecule has 6 heteroatoms. The first-order valence-electron chi connectivity index (χ1n) is 9.78. The highest BCUT2D eigenvalue weighted by Gasteiger charge is 2.55. The van der Waals surface area contributed by atoms with Crippen LogP contribution in [0.15, 0.2) is 18.2 Å². The monoisotopic (exact) mass is 392 g/mol. The molecule has 0 saturated heterocycles. The van der Waals surface area contributed by atoms with E-state index >= 15 is 0 Å². The van der Waals surface area contributed by atoms with Gasteiger partial charge in [0.1, 0.15) is 11.5 Å². The molecule has 3 aliphatic rings. The molecule has 3 aliphatic carbocycles. The minimum atomic E-state index is -0.104. The lowest BCUT2D eigenvalue weighted by Crippen LogP contribution is -2.43. The Morgan fingerprint density at radius 1 is 1.22 bits per heavy atom. The topological polar surface area (TPSA) is 54.0 Å². The van der Waals surface area contributed by atoms with E-state index in [-0.39, 0.29) is 5.41 Å². The van der Waals surface area contributed by atoms with E-state index in [1.165, 1.54) is 18.2 Å². The summed E-state index contributed by atoms with van der Waals surface area (Å²) in [6.45, 7) is 2.91. The summed E-state index contributed by atoms with van der Waals surface area (Å²) in [6.07, 6.45) is 5.01. The first-order valence-corrected chi connectivity index (χ1v) is 10.4. The minimum Gasteiger partial charge on any atom is -0.399 e. The Kier molecular flexibility index (Phi) is 5.52. The van der Waals surface area contributed by atoms with Crippen LogP contribution in [0.4, 0.5) is 0 Å². The highest BCUT2D eigenvalue weighted by molar-refractivity contribution is 7.90. The summed E-state index contributed by atoms with van der Waals surface area (Å²) in [5.41, 5.74) is 2.63. The van der Waals surface area contributed by atoms with Crippen molar-refractivity contribution < 1.29 is 22.9 Å². The number of carbonyl (C=O) groups excluding carboxylic acids is 1. The Hall–Kier alpha value is -1.08. The molecule has 5 unspecified atom stereocenters. The van der Waals surface area contributed by atoms with Crippen molar-refractivity contribution in [2.45, 2.75) is 50.9 Å². The molecule has 0 spiro atoms. The maximum atomic E-state index is 12.6. The van der Waals surface area contributed by atoms with Crippen LogP contribution in [-0.4, -0.2) is 26.6 Å². The van der Waals surface area contributed by atoms with E-state index in [1.807, 2.05) is 6.07 Å². The molecule has 0 radical (unpaired) electrons. The molecule has 2 saturated carbocycles. The molecule has 148 valence electrons. The summed E-state index contributed by atoms with van der Waals surface area (Å²) >= 11 is 0.816. The van der Waals surface area contributed by atoms with Crippen LogP contribution in [0.2, 0.25) is 0 Å². The van der Waals surface area contributed by atoms with Gasteiger partial charge in [-0.1, -0.05) is 13.0 Å². The molecule has 5 nitrogen and oxygen atoms in total. The zero-order valence-electron chi connectivity index (χ0n) is 16.2. The molecule has 0 heterocycles. The highest BCUT2D eigenvalue weighted by atomic mass is 32.2. The number of methoxy groups -OCH3 is 1. The van der Waals surface area contributed by atoms with Gasteiger partial charge in [-0.3, -0.25) is 4.79 Å². The van der Waals surface area contributed by atoms with Gasteiger partial charge < -0.3 is 8.92 Å². The Bertz CT molecular complexity index is 708. The quantitative estimate of drug-likeness (QED) is 0.299. The zero-order chi connectivity index (χ0) is 19.0. The Morgan fingerprint density at radius 3 is 2.85 bits per heavy atom. The van der Waals surface area contributed by atoms with Crippen LogP contribution in [0, 0.1) is 17.3 Å². The molecule has 5 atom stereocenters. The third kappa shape index (κ3) is 3.31. The number of hydrogen-bond acceptors (Lipinski definition) is 6. The number of benzene rings is 1. The number of ether oxygens (including phenoxy) is 1. The number of hydrogen-bond donors (Lipinski definition) is 0. The predicted octanol–water partition coefficient (Wildman–Crippen LogP) is 4.82. The smallest absolute Gasteiger partial charge is 0.258 e. The highest BCUT2D eigenvalue weighted by Crippen LogP contribution is 2.61. The lowest BCUT2D eigenvalue weighted by atomic mass is 9.54. The molecule has 1 aromatic rings. The Labute approximate surface area is 165 Å². The molecule has 0 bridgehead atoms. The van der Waals surface area contributed by atoms with Gasteiger partial charge in [0.05, 0.1) is 13.7 Å². The summed E-state index contributed by atoms with van der Waals surface area (Å²) < 4.78 is 15.9. The minimum absolute atomic E-state index is 0.104. The second-order valence-electron chi connectivity index (χ2n) is 8.36. The largest absolute Gasteiger partial charge is 0.399 e. The van der Waals surface area contributed by atoms with E-state index in [2.05, 4.69) is 23.9 Å². The van der Waals surface area contributed by atoms with Crippen molar-refractivity contribution in [1.82, 2.24) is 0 Å². The second-order valence-corrected chi connectivity index (χ2v) is 8.80. The Balaban J connectivity index is 1.64. The SMILES string of the molecule is COCC1CC2C(CCC3(C)C(=O)CCC23)c2ccc(OSOOC)cc21. The Morgan fingerprint density at radius 2 is 2.07 bits per heavy atom. The van der Waals surface area contributed by atoms with E-state index in [9.17, 15) is 4.79 Å². The lowest BCUT2D eigenvalue weighted by molar-refractivity contribution is -0.164. The molecule has 1 aromatic carbocycles. The van der Waals surface area contributed by atoms with Gasteiger partial charge in [0.25, 0.3) is 12.3 Å². The second kappa shape index (κ2) is 7.74. The lowest BCUT2D eigenvalue weighted by Gasteiger charge is -2.50. The first kappa shape index (κ1) is 19.2. The molecule has 0 amide bonds. The molecular weight excluding hydrogens is 364 g/mol. The van der Waals surface area contributed by atoms with Crippen molar-refractivity contribution in [3.8, 4) is 5.75 Å². The van der Waals surface area contributed by atoms with Crippen molar-refractivity contribution in [1.29, 1.82) is 0 Å². The average molecular weight is 393 g/mol. The number of fused-ring (bicyclic) bond motifs is 5. The third-order valence-electron chi connectivity index (χ3n) is 7.19. The number of rotatable bonds is 6. The van der Waals surface area contributed by atoms with Gasteiger partial charge in [0.2, 0.25) is 0 Å². The number of ketones is 1. The summed E-state index contributed by atoms with van der Waals surface area (Å²) in [5, 5.41) is 0. The summed E-state index contributed by atoms with van der Waals surface area (Å²) in [4.78, 5) is 17.1. The van der Waals surface area contributed by atoms with Crippen molar-refractivity contribution >= 4 is 18.1 Å². The first-order chi connectivity index (χ1) is 13.1. The molecular formula is C21H28O5S. The van der Waals surface area contributed by atoms with Crippen molar-refractivity contribution in [2.75, 3.05) is 20.8 Å². The molecule has 4 rings (SSSR count). The number of carbonyl (C=O) groups is 1. The van der Waals surface area contributed by atoms with Crippen LogP contribution >= 0.6 is 12.3 Å². The fourth-order valence-corrected chi connectivity index (χ4v) is 6.23. The fraction of sp³-hybridized carbons (Fsp3) is 0.667. The van der Waals surface area contributed by atoms with Crippen molar-refractivity contribution in [3.05, 3.63) is 29.3 Å². The molecule has 2 fully saturated rings. The van der Waals surface area contributed by atoms with Crippen molar-refractivity contribution in [2.24, 2.45) is 17.3 Å². The average Bonchev–Trinajstić information content (AvgIpc) is 2.97. The van der Waals surface area contributed by atoms with E-state index in [4.69, 9.17) is 13.3 Å². The van der Waals surface area contributed by atoms with Gasteiger partial charge in [-0.05, 0) is 66.7 Å². The summed E-state index contributed by atoms with van der Waals surface area (Å²) in [7, 11) is 3.21. The van der Waals surface area contributed by atoms with Gasteiger partial charge in [-0.25, -0.2) is 4.89 Å². The van der Waals surface area contributed by atoms with E-state index < -0.39 is 0 Å².